The smallest absolute Gasteiger partial charge is 0.0233 e. The summed E-state index contributed by atoms with van der Waals surface area (Å²) in [5.41, 5.74) is 5.69. The molecule has 2 heterocycles. The van der Waals surface area contributed by atoms with E-state index >= 15 is 0 Å². The summed E-state index contributed by atoms with van der Waals surface area (Å²) in [5.74, 6) is 0.721. The topological polar surface area (TPSA) is 15.3 Å². The predicted octanol–water partition coefficient (Wildman–Crippen LogP) is 4.42. The molecule has 0 spiro atoms. The van der Waals surface area contributed by atoms with E-state index in [1.807, 2.05) is 0 Å². The SMILES string of the molecule is c1cc(CN2CCCC2)cc(-c2cccc(C3CCNCC3)c2)c1. The van der Waals surface area contributed by atoms with Gasteiger partial charge in [0.2, 0.25) is 0 Å². The van der Waals surface area contributed by atoms with E-state index in [-0.39, 0.29) is 0 Å². The normalized spacial score (nSPS) is 19.7. The molecule has 2 saturated heterocycles. The van der Waals surface area contributed by atoms with Gasteiger partial charge < -0.3 is 5.32 Å². The number of piperidine rings is 1. The molecule has 0 atom stereocenters. The summed E-state index contributed by atoms with van der Waals surface area (Å²) in [5, 5.41) is 3.47. The molecule has 0 bridgehead atoms. The van der Waals surface area contributed by atoms with Crippen molar-refractivity contribution in [1.29, 1.82) is 0 Å². The highest BCUT2D eigenvalue weighted by Gasteiger charge is 2.16. The lowest BCUT2D eigenvalue weighted by Crippen LogP contribution is -2.26. The molecular formula is C22H28N2. The number of nitrogens with one attached hydrogen (secondary N) is 1. The lowest BCUT2D eigenvalue weighted by Gasteiger charge is -2.23. The number of rotatable bonds is 4. The molecule has 4 rings (SSSR count). The fourth-order valence-corrected chi connectivity index (χ4v) is 4.18. The second kappa shape index (κ2) is 7.50. The second-order valence-electron chi connectivity index (χ2n) is 7.33. The molecule has 2 fully saturated rings. The standard InChI is InChI=1S/C22H28N2/c1-2-14-24(13-1)17-18-5-3-6-20(15-18)22-8-4-7-21(16-22)19-9-11-23-12-10-19/h3-8,15-16,19,23H,1-2,9-14,17H2. The van der Waals surface area contributed by atoms with Crippen molar-refractivity contribution in [3.05, 3.63) is 59.7 Å². The van der Waals surface area contributed by atoms with Gasteiger partial charge in [-0.1, -0.05) is 42.5 Å². The van der Waals surface area contributed by atoms with Crippen molar-refractivity contribution in [3.63, 3.8) is 0 Å². The molecule has 0 radical (unpaired) electrons. The van der Waals surface area contributed by atoms with Crippen LogP contribution < -0.4 is 5.32 Å². The molecule has 0 saturated carbocycles. The maximum atomic E-state index is 3.47. The first-order chi connectivity index (χ1) is 11.9. The molecule has 0 amide bonds. The molecule has 2 aromatic rings. The van der Waals surface area contributed by atoms with Gasteiger partial charge in [0.25, 0.3) is 0 Å². The summed E-state index contributed by atoms with van der Waals surface area (Å²) in [6.07, 6.45) is 5.24. The van der Waals surface area contributed by atoms with Crippen LogP contribution in [-0.4, -0.2) is 31.1 Å². The van der Waals surface area contributed by atoms with Gasteiger partial charge in [-0.25, -0.2) is 0 Å². The van der Waals surface area contributed by atoms with E-state index in [1.54, 1.807) is 0 Å². The molecule has 2 heteroatoms. The third-order valence-corrected chi connectivity index (χ3v) is 5.56. The van der Waals surface area contributed by atoms with Crippen LogP contribution >= 0.6 is 0 Å². The molecule has 2 nitrogen and oxygen atoms in total. The molecule has 2 aliphatic heterocycles. The first kappa shape index (κ1) is 15.9. The van der Waals surface area contributed by atoms with Gasteiger partial charge in [0, 0.05) is 6.54 Å². The van der Waals surface area contributed by atoms with Gasteiger partial charge in [-0.2, -0.15) is 0 Å². The van der Waals surface area contributed by atoms with Gasteiger partial charge in [0.1, 0.15) is 0 Å². The number of nitrogens with zero attached hydrogens (tertiary/aromatic N) is 1. The molecule has 24 heavy (non-hydrogen) atoms. The van der Waals surface area contributed by atoms with Crippen molar-refractivity contribution < 1.29 is 0 Å². The van der Waals surface area contributed by atoms with Gasteiger partial charge in [-0.3, -0.25) is 4.90 Å². The van der Waals surface area contributed by atoms with Gasteiger partial charge >= 0.3 is 0 Å². The zero-order chi connectivity index (χ0) is 16.2. The zero-order valence-corrected chi connectivity index (χ0v) is 14.5. The molecular weight excluding hydrogens is 292 g/mol. The Balaban J connectivity index is 1.54. The van der Waals surface area contributed by atoms with Crippen LogP contribution in [0.5, 0.6) is 0 Å². The summed E-state index contributed by atoms with van der Waals surface area (Å²) in [6, 6.07) is 18.4. The van der Waals surface area contributed by atoms with Crippen LogP contribution in [0.25, 0.3) is 11.1 Å². The largest absolute Gasteiger partial charge is 0.317 e. The van der Waals surface area contributed by atoms with Gasteiger partial charge in [0.05, 0.1) is 0 Å². The van der Waals surface area contributed by atoms with Crippen molar-refractivity contribution in [2.24, 2.45) is 0 Å². The molecule has 0 unspecified atom stereocenters. The molecule has 1 N–H and O–H groups in total. The summed E-state index contributed by atoms with van der Waals surface area (Å²) in [6.45, 7) is 5.92. The van der Waals surface area contributed by atoms with Gasteiger partial charge in [-0.15, -0.1) is 0 Å². The van der Waals surface area contributed by atoms with E-state index in [2.05, 4.69) is 58.7 Å². The van der Waals surface area contributed by atoms with Crippen LogP contribution in [0.15, 0.2) is 48.5 Å². The van der Waals surface area contributed by atoms with Crippen molar-refractivity contribution in [2.45, 2.75) is 38.1 Å². The third kappa shape index (κ3) is 3.71. The number of hydrogen-bond acceptors (Lipinski definition) is 2. The fourth-order valence-electron chi connectivity index (χ4n) is 4.18. The van der Waals surface area contributed by atoms with Crippen LogP contribution in [-0.2, 0) is 6.54 Å². The van der Waals surface area contributed by atoms with Crippen molar-refractivity contribution in [3.8, 4) is 11.1 Å². The Morgan fingerprint density at radius 2 is 1.58 bits per heavy atom. The quantitative estimate of drug-likeness (QED) is 0.897. The maximum Gasteiger partial charge on any atom is 0.0233 e. The van der Waals surface area contributed by atoms with E-state index in [9.17, 15) is 0 Å². The number of hydrogen-bond donors (Lipinski definition) is 1. The van der Waals surface area contributed by atoms with Crippen LogP contribution in [0.2, 0.25) is 0 Å². The Morgan fingerprint density at radius 3 is 2.38 bits per heavy atom. The van der Waals surface area contributed by atoms with Crippen LogP contribution in [0.3, 0.4) is 0 Å². The van der Waals surface area contributed by atoms with Crippen LogP contribution in [0, 0.1) is 0 Å². The minimum atomic E-state index is 0.721. The molecule has 0 aromatic heterocycles. The van der Waals surface area contributed by atoms with E-state index in [0.29, 0.717) is 0 Å². The molecule has 2 aliphatic rings. The van der Waals surface area contributed by atoms with Gasteiger partial charge in [0.15, 0.2) is 0 Å². The average Bonchev–Trinajstić information content (AvgIpc) is 3.16. The summed E-state index contributed by atoms with van der Waals surface area (Å²) in [7, 11) is 0. The zero-order valence-electron chi connectivity index (χ0n) is 14.5. The maximum absolute atomic E-state index is 3.47. The predicted molar refractivity (Wildman–Crippen MR) is 101 cm³/mol. The lowest BCUT2D eigenvalue weighted by atomic mass is 9.88. The van der Waals surface area contributed by atoms with Crippen molar-refractivity contribution in [2.75, 3.05) is 26.2 Å². The van der Waals surface area contributed by atoms with E-state index in [1.165, 1.54) is 61.0 Å². The Morgan fingerprint density at radius 1 is 0.875 bits per heavy atom. The average molecular weight is 320 g/mol. The van der Waals surface area contributed by atoms with Crippen LogP contribution in [0.1, 0.15) is 42.7 Å². The van der Waals surface area contributed by atoms with Crippen LogP contribution in [0.4, 0.5) is 0 Å². The first-order valence-electron chi connectivity index (χ1n) is 9.51. The molecule has 126 valence electrons. The highest BCUT2D eigenvalue weighted by molar-refractivity contribution is 5.65. The summed E-state index contributed by atoms with van der Waals surface area (Å²) >= 11 is 0. The second-order valence-corrected chi connectivity index (χ2v) is 7.33. The minimum Gasteiger partial charge on any atom is -0.317 e. The highest BCUT2D eigenvalue weighted by Crippen LogP contribution is 2.29. The van der Waals surface area contributed by atoms with E-state index < -0.39 is 0 Å². The number of likely N-dealkylation sites (tertiary alicyclic amines) is 1. The first-order valence-corrected chi connectivity index (χ1v) is 9.51. The lowest BCUT2D eigenvalue weighted by molar-refractivity contribution is 0.331. The Labute approximate surface area is 145 Å². The summed E-state index contributed by atoms with van der Waals surface area (Å²) in [4.78, 5) is 2.57. The van der Waals surface area contributed by atoms with E-state index in [0.717, 1.165) is 25.6 Å². The van der Waals surface area contributed by atoms with Crippen molar-refractivity contribution >= 4 is 0 Å². The highest BCUT2D eigenvalue weighted by atomic mass is 15.1. The number of benzene rings is 2. The third-order valence-electron chi connectivity index (χ3n) is 5.56. The Bertz CT molecular complexity index is 667. The van der Waals surface area contributed by atoms with Gasteiger partial charge in [-0.05, 0) is 86.1 Å². The molecule has 0 aliphatic carbocycles. The van der Waals surface area contributed by atoms with E-state index in [4.69, 9.17) is 0 Å². The summed E-state index contributed by atoms with van der Waals surface area (Å²) < 4.78 is 0. The molecule has 2 aromatic carbocycles. The monoisotopic (exact) mass is 320 g/mol. The van der Waals surface area contributed by atoms with Crippen molar-refractivity contribution in [1.82, 2.24) is 10.2 Å². The Kier molecular flexibility index (Phi) is 4.96. The minimum absolute atomic E-state index is 0.721. The fraction of sp³-hybridized carbons (Fsp3) is 0.455. The Hall–Kier alpha value is -1.64.